The van der Waals surface area contributed by atoms with E-state index in [1.807, 2.05) is 6.07 Å². The first-order valence-electron chi connectivity index (χ1n) is 15.3. The highest BCUT2D eigenvalue weighted by atomic mass is 32.2. The van der Waals surface area contributed by atoms with Gasteiger partial charge in [-0.3, -0.25) is 14.6 Å². The van der Waals surface area contributed by atoms with Crippen molar-refractivity contribution < 1.29 is 32.2 Å². The minimum absolute atomic E-state index is 0.0161. The Labute approximate surface area is 288 Å². The summed E-state index contributed by atoms with van der Waals surface area (Å²) in [6.45, 7) is 5.36. The van der Waals surface area contributed by atoms with Gasteiger partial charge in [-0.25, -0.2) is 27.4 Å². The largest absolute Gasteiger partial charge is 0.497 e. The first-order chi connectivity index (χ1) is 23.8. The van der Waals surface area contributed by atoms with Crippen LogP contribution in [0.2, 0.25) is 0 Å². The maximum absolute atomic E-state index is 14.0. The number of hydrogen-bond donors (Lipinski definition) is 1. The summed E-state index contributed by atoms with van der Waals surface area (Å²) in [5.74, 6) is 1.64. The van der Waals surface area contributed by atoms with Crippen LogP contribution in [0.4, 0.5) is 16.3 Å². The van der Waals surface area contributed by atoms with Gasteiger partial charge in [-0.05, 0) is 57.2 Å². The summed E-state index contributed by atoms with van der Waals surface area (Å²) in [6, 6.07) is 13.7. The Kier molecular flexibility index (Phi) is 8.96. The number of sulfonamides is 1. The van der Waals surface area contributed by atoms with E-state index < -0.39 is 21.7 Å². The minimum Gasteiger partial charge on any atom is -0.497 e. The highest BCUT2D eigenvalue weighted by molar-refractivity contribution is 7.92. The van der Waals surface area contributed by atoms with Gasteiger partial charge in [0.15, 0.2) is 11.5 Å². The molecule has 6 rings (SSSR count). The predicted octanol–water partition coefficient (Wildman–Crippen LogP) is 5.47. The third-order valence-electron chi connectivity index (χ3n) is 7.50. The summed E-state index contributed by atoms with van der Waals surface area (Å²) in [4.78, 5) is 24.7. The highest BCUT2D eigenvalue weighted by Crippen LogP contribution is 2.37. The topological polar surface area (TPSA) is 164 Å². The third-order valence-corrected chi connectivity index (χ3v) is 8.11. The number of benzene rings is 2. The minimum atomic E-state index is -3.56. The Morgan fingerprint density at radius 1 is 0.960 bits per heavy atom. The average Bonchev–Trinajstić information content (AvgIpc) is 3.67. The first-order valence-corrected chi connectivity index (χ1v) is 17.2. The van der Waals surface area contributed by atoms with Gasteiger partial charge in [0.2, 0.25) is 10.0 Å². The number of ether oxygens (including phenoxy) is 4. The molecule has 6 aromatic rings. The molecule has 2 aromatic carbocycles. The molecule has 0 atom stereocenters. The van der Waals surface area contributed by atoms with Gasteiger partial charge in [0.05, 0.1) is 68.2 Å². The van der Waals surface area contributed by atoms with E-state index in [2.05, 4.69) is 14.8 Å². The van der Waals surface area contributed by atoms with E-state index in [9.17, 15) is 13.2 Å². The predicted molar refractivity (Wildman–Crippen MR) is 188 cm³/mol. The number of carbonyl (C=O) groups excluding carboxylic acids is 1. The molecular formula is C34H36N8O7S. The summed E-state index contributed by atoms with van der Waals surface area (Å²) in [5.41, 5.74) is 2.97. The summed E-state index contributed by atoms with van der Waals surface area (Å²) in [5, 5.41) is 9.90. The van der Waals surface area contributed by atoms with Crippen molar-refractivity contribution in [3.8, 4) is 34.2 Å². The molecule has 0 aliphatic heterocycles. The standard InChI is InChI=1S/C34H36N8O7S/c1-34(2,3)49-33(43)40(20-21-9-11-23(46-4)16-29(21)47-5)32-25-18-36-26(24-19-37-41-14-8-13-35-31(24)41)17-28(25)42(38-32)27-12-10-22(15-30(27)48-6)39-50(7,44)45/h8-19,39H,20H2,1-7H3. The smallest absolute Gasteiger partial charge is 0.416 e. The van der Waals surface area contributed by atoms with Crippen molar-refractivity contribution in [2.45, 2.75) is 32.9 Å². The van der Waals surface area contributed by atoms with Crippen LogP contribution in [0.1, 0.15) is 26.3 Å². The van der Waals surface area contributed by atoms with Gasteiger partial charge in [-0.2, -0.15) is 5.10 Å². The summed E-state index contributed by atoms with van der Waals surface area (Å²) in [6.07, 6.45) is 7.17. The lowest BCUT2D eigenvalue weighted by molar-refractivity contribution is 0.0576. The van der Waals surface area contributed by atoms with E-state index >= 15 is 0 Å². The number of amides is 1. The Balaban J connectivity index is 1.59. The van der Waals surface area contributed by atoms with Crippen LogP contribution in [-0.4, -0.2) is 77.1 Å². The zero-order valence-electron chi connectivity index (χ0n) is 28.5. The molecule has 0 fully saturated rings. The molecule has 260 valence electrons. The zero-order valence-corrected chi connectivity index (χ0v) is 29.3. The zero-order chi connectivity index (χ0) is 35.8. The van der Waals surface area contributed by atoms with Crippen LogP contribution in [0.15, 0.2) is 73.3 Å². The van der Waals surface area contributed by atoms with Crippen LogP contribution in [0.3, 0.4) is 0 Å². The van der Waals surface area contributed by atoms with Crippen molar-refractivity contribution in [1.82, 2.24) is 29.4 Å². The third kappa shape index (κ3) is 6.96. The number of pyridine rings is 1. The van der Waals surface area contributed by atoms with Gasteiger partial charge >= 0.3 is 6.09 Å². The second-order valence-corrected chi connectivity index (χ2v) is 14.0. The monoisotopic (exact) mass is 700 g/mol. The van der Waals surface area contributed by atoms with E-state index in [1.54, 1.807) is 104 Å². The molecule has 4 heterocycles. The average molecular weight is 701 g/mol. The molecule has 0 radical (unpaired) electrons. The quantitative estimate of drug-likeness (QED) is 0.193. The van der Waals surface area contributed by atoms with Gasteiger partial charge in [0, 0.05) is 36.3 Å². The summed E-state index contributed by atoms with van der Waals surface area (Å²) < 4.78 is 52.4. The number of hydrogen-bond acceptors (Lipinski definition) is 11. The molecule has 1 N–H and O–H groups in total. The first kappa shape index (κ1) is 34.0. The van der Waals surface area contributed by atoms with Gasteiger partial charge < -0.3 is 18.9 Å². The van der Waals surface area contributed by atoms with E-state index in [-0.39, 0.29) is 12.4 Å². The SMILES string of the molecule is COc1ccc(CN(C(=O)OC(C)(C)C)c2nn(-c3ccc(NS(C)(=O)=O)cc3OC)c3cc(-c4cnn5cccnc45)ncc23)c(OC)c1. The fraction of sp³-hybridized carbons (Fsp3) is 0.265. The fourth-order valence-electron chi connectivity index (χ4n) is 5.36. The number of fused-ring (bicyclic) bond motifs is 2. The number of rotatable bonds is 10. The lowest BCUT2D eigenvalue weighted by Crippen LogP contribution is -2.37. The molecule has 0 spiro atoms. The maximum Gasteiger partial charge on any atom is 0.416 e. The van der Waals surface area contributed by atoms with Gasteiger partial charge in [-0.1, -0.05) is 0 Å². The molecule has 1 amide bonds. The van der Waals surface area contributed by atoms with E-state index in [1.165, 1.54) is 19.1 Å². The Morgan fingerprint density at radius 3 is 2.44 bits per heavy atom. The maximum atomic E-state index is 14.0. The number of nitrogens with one attached hydrogen (secondary N) is 1. The second-order valence-electron chi connectivity index (χ2n) is 12.3. The van der Waals surface area contributed by atoms with Crippen LogP contribution in [0, 0.1) is 0 Å². The van der Waals surface area contributed by atoms with Crippen molar-refractivity contribution in [1.29, 1.82) is 0 Å². The molecule has 0 aliphatic rings. The number of carbonyl (C=O) groups is 1. The number of anilines is 2. The number of methoxy groups -OCH3 is 3. The molecule has 0 bridgehead atoms. The van der Waals surface area contributed by atoms with Crippen molar-refractivity contribution in [3.63, 3.8) is 0 Å². The lowest BCUT2D eigenvalue weighted by atomic mass is 10.1. The molecule has 0 saturated heterocycles. The molecular weight excluding hydrogens is 664 g/mol. The lowest BCUT2D eigenvalue weighted by Gasteiger charge is -2.27. The Hall–Kier alpha value is -5.90. The summed E-state index contributed by atoms with van der Waals surface area (Å²) >= 11 is 0. The normalized spacial score (nSPS) is 11.8. The van der Waals surface area contributed by atoms with Crippen molar-refractivity contribution in [2.24, 2.45) is 0 Å². The van der Waals surface area contributed by atoms with Crippen LogP contribution in [0.25, 0.3) is 33.5 Å². The number of aromatic nitrogens is 6. The van der Waals surface area contributed by atoms with Crippen molar-refractivity contribution in [2.75, 3.05) is 37.2 Å². The van der Waals surface area contributed by atoms with Crippen molar-refractivity contribution in [3.05, 3.63) is 78.9 Å². The molecule has 0 unspecified atom stereocenters. The van der Waals surface area contributed by atoms with Crippen LogP contribution < -0.4 is 23.8 Å². The van der Waals surface area contributed by atoms with Crippen LogP contribution in [0.5, 0.6) is 17.2 Å². The fourth-order valence-corrected chi connectivity index (χ4v) is 5.91. The van der Waals surface area contributed by atoms with E-state index in [0.717, 1.165) is 6.26 Å². The highest BCUT2D eigenvalue weighted by Gasteiger charge is 2.30. The second kappa shape index (κ2) is 13.2. The molecule has 0 aliphatic carbocycles. The molecule has 4 aromatic heterocycles. The Bertz CT molecular complexity index is 2330. The van der Waals surface area contributed by atoms with E-state index in [0.29, 0.717) is 62.0 Å². The van der Waals surface area contributed by atoms with Crippen LogP contribution in [-0.2, 0) is 21.3 Å². The summed E-state index contributed by atoms with van der Waals surface area (Å²) in [7, 11) is 1.00. The molecule has 16 heteroatoms. The van der Waals surface area contributed by atoms with Gasteiger partial charge in [-0.15, -0.1) is 5.10 Å². The molecule has 15 nitrogen and oxygen atoms in total. The van der Waals surface area contributed by atoms with E-state index in [4.69, 9.17) is 29.0 Å². The molecule has 50 heavy (non-hydrogen) atoms. The Morgan fingerprint density at radius 2 is 1.74 bits per heavy atom. The van der Waals surface area contributed by atoms with Gasteiger partial charge in [0.1, 0.15) is 28.5 Å². The van der Waals surface area contributed by atoms with Crippen molar-refractivity contribution >= 4 is 44.2 Å². The van der Waals surface area contributed by atoms with Gasteiger partial charge in [0.25, 0.3) is 0 Å². The van der Waals surface area contributed by atoms with Crippen LogP contribution >= 0.6 is 0 Å². The molecule has 0 saturated carbocycles. The number of nitrogens with zero attached hydrogens (tertiary/aromatic N) is 7.